The number of benzene rings is 1. The molecule has 3 saturated carbocycles. The van der Waals surface area contributed by atoms with Gasteiger partial charge in [-0.25, -0.2) is 9.97 Å². The van der Waals surface area contributed by atoms with Crippen molar-refractivity contribution in [2.45, 2.75) is 84.0 Å². The molecular formula is C41H48ClN3O9S. The third-order valence-corrected chi connectivity index (χ3v) is 13.1. The molecule has 4 fully saturated rings. The molecule has 1 aliphatic heterocycles. The summed E-state index contributed by atoms with van der Waals surface area (Å²) in [6, 6.07) is 4.35. The van der Waals surface area contributed by atoms with Crippen molar-refractivity contribution in [2.75, 3.05) is 27.9 Å². The maximum Gasteiger partial charge on any atom is 0.312 e. The molecule has 4 aliphatic rings. The third-order valence-electron chi connectivity index (χ3n) is 11.9. The second-order valence-corrected chi connectivity index (χ2v) is 17.7. The fourth-order valence-corrected chi connectivity index (χ4v) is 9.50. The number of halogens is 1. The van der Waals surface area contributed by atoms with Gasteiger partial charge < -0.3 is 28.6 Å². The lowest BCUT2D eigenvalue weighted by atomic mass is 9.77. The molecule has 1 amide bonds. The first kappa shape index (κ1) is 39.0. The Kier molecular flexibility index (Phi) is 10.7. The molecule has 8 atom stereocenters. The van der Waals surface area contributed by atoms with E-state index >= 15 is 0 Å². The van der Waals surface area contributed by atoms with Crippen LogP contribution in [0.25, 0.3) is 22.3 Å². The number of thiazole rings is 1. The van der Waals surface area contributed by atoms with E-state index in [0.717, 1.165) is 12.8 Å². The number of methoxy groups -OCH3 is 3. The van der Waals surface area contributed by atoms with Gasteiger partial charge in [0.25, 0.3) is 5.19 Å². The molecule has 1 unspecified atom stereocenters. The average Bonchev–Trinajstić information content (AvgIpc) is 3.80. The maximum atomic E-state index is 14.8. The molecule has 12 nitrogen and oxygen atoms in total. The molecule has 3 aliphatic carbocycles. The number of carbonyl (C=O) groups is 4. The summed E-state index contributed by atoms with van der Waals surface area (Å²) in [5.41, 5.74) is -0.219. The minimum Gasteiger partial charge on any atom is -0.495 e. The SMILES string of the molecule is C=C[C@@H]1C[C@]1(CC(=O)[C@@H]1C[C@@H](Oc2cc(-c3csc(OC)n3)nc3c(Cl)c(OC)ccc23)CN1C(=O)[C@@H](CC(=O)OC1C[C@@H]2C[C@@H]2C1)C(C)(C)C)C(=O)OC. The molecular weight excluding hydrogens is 746 g/mol. The van der Waals surface area contributed by atoms with Crippen molar-refractivity contribution >= 4 is 57.5 Å². The Morgan fingerprint density at radius 2 is 1.76 bits per heavy atom. The van der Waals surface area contributed by atoms with Crippen LogP contribution in [0.2, 0.25) is 5.02 Å². The number of hydrogen-bond acceptors (Lipinski definition) is 12. The molecule has 0 bridgehead atoms. The zero-order valence-corrected chi connectivity index (χ0v) is 33.7. The number of amides is 1. The van der Waals surface area contributed by atoms with Crippen LogP contribution in [0.5, 0.6) is 16.7 Å². The number of fused-ring (bicyclic) bond motifs is 2. The summed E-state index contributed by atoms with van der Waals surface area (Å²) >= 11 is 8.11. The van der Waals surface area contributed by atoms with Gasteiger partial charge in [-0.1, -0.05) is 49.8 Å². The van der Waals surface area contributed by atoms with E-state index in [2.05, 4.69) is 11.6 Å². The fourth-order valence-electron chi connectivity index (χ4n) is 8.58. The fraction of sp³-hybridized carbons (Fsp3) is 0.561. The molecule has 3 aromatic rings. The van der Waals surface area contributed by atoms with E-state index in [1.807, 2.05) is 26.2 Å². The number of ether oxygens (including phenoxy) is 5. The van der Waals surface area contributed by atoms with Crippen molar-refractivity contribution in [1.29, 1.82) is 0 Å². The summed E-state index contributed by atoms with van der Waals surface area (Å²) in [6.07, 6.45) is 4.22. The van der Waals surface area contributed by atoms with Gasteiger partial charge in [0.1, 0.15) is 34.4 Å². The van der Waals surface area contributed by atoms with Crippen molar-refractivity contribution in [3.8, 4) is 28.1 Å². The number of allylic oxidation sites excluding steroid dienone is 1. The highest BCUT2D eigenvalue weighted by molar-refractivity contribution is 7.11. The van der Waals surface area contributed by atoms with Crippen molar-refractivity contribution in [3.05, 3.63) is 41.3 Å². The lowest BCUT2D eigenvalue weighted by molar-refractivity contribution is -0.157. The van der Waals surface area contributed by atoms with Gasteiger partial charge in [0.2, 0.25) is 5.91 Å². The summed E-state index contributed by atoms with van der Waals surface area (Å²) in [6.45, 7) is 9.66. The second kappa shape index (κ2) is 15.0. The van der Waals surface area contributed by atoms with Crippen molar-refractivity contribution in [1.82, 2.24) is 14.9 Å². The van der Waals surface area contributed by atoms with Crippen LogP contribution in [0.3, 0.4) is 0 Å². The van der Waals surface area contributed by atoms with E-state index in [-0.39, 0.29) is 54.5 Å². The number of ketones is 1. The highest BCUT2D eigenvalue weighted by Gasteiger charge is 2.61. The number of hydrogen-bond donors (Lipinski definition) is 0. The Balaban J connectivity index is 1.21. The summed E-state index contributed by atoms with van der Waals surface area (Å²) < 4.78 is 28.6. The summed E-state index contributed by atoms with van der Waals surface area (Å²) in [5.74, 6) is -0.362. The van der Waals surface area contributed by atoms with Crippen LogP contribution >= 0.6 is 22.9 Å². The molecule has 1 saturated heterocycles. The van der Waals surface area contributed by atoms with Crippen LogP contribution in [-0.4, -0.2) is 84.6 Å². The molecule has 3 heterocycles. The highest BCUT2D eigenvalue weighted by atomic mass is 35.5. The van der Waals surface area contributed by atoms with Crippen LogP contribution in [0.4, 0.5) is 0 Å². The first-order valence-electron chi connectivity index (χ1n) is 18.8. The number of Topliss-reactive ketones (excluding diaryl/α,β-unsaturated/α-hetero) is 1. The Bertz CT molecular complexity index is 2020. The summed E-state index contributed by atoms with van der Waals surface area (Å²) in [7, 11) is 4.36. The van der Waals surface area contributed by atoms with Crippen LogP contribution in [-0.2, 0) is 28.7 Å². The number of carbonyl (C=O) groups excluding carboxylic acids is 4. The van der Waals surface area contributed by atoms with Crippen LogP contribution < -0.4 is 14.2 Å². The number of rotatable bonds is 14. The molecule has 0 radical (unpaired) electrons. The van der Waals surface area contributed by atoms with E-state index in [1.54, 1.807) is 29.2 Å². The summed E-state index contributed by atoms with van der Waals surface area (Å²) in [5, 5.41) is 3.15. The molecule has 0 spiro atoms. The Hall–Kier alpha value is -4.23. The largest absolute Gasteiger partial charge is 0.495 e. The van der Waals surface area contributed by atoms with Gasteiger partial charge in [0, 0.05) is 29.7 Å². The lowest BCUT2D eigenvalue weighted by Crippen LogP contribution is -2.48. The summed E-state index contributed by atoms with van der Waals surface area (Å²) in [4.78, 5) is 66.4. The van der Waals surface area contributed by atoms with E-state index < -0.39 is 40.8 Å². The molecule has 55 heavy (non-hydrogen) atoms. The van der Waals surface area contributed by atoms with Crippen LogP contribution in [0.15, 0.2) is 36.2 Å². The number of aromatic nitrogens is 2. The van der Waals surface area contributed by atoms with Gasteiger partial charge >= 0.3 is 11.9 Å². The molecule has 2 aromatic heterocycles. The van der Waals surface area contributed by atoms with Crippen molar-refractivity contribution in [3.63, 3.8) is 0 Å². The van der Waals surface area contributed by atoms with E-state index in [4.69, 9.17) is 40.3 Å². The first-order valence-corrected chi connectivity index (χ1v) is 20.0. The molecule has 7 rings (SSSR count). The number of likely N-dealkylation sites (tertiary alicyclic amines) is 1. The lowest BCUT2D eigenvalue weighted by Gasteiger charge is -2.35. The standard InChI is InChI=1S/C41H48ClN3O9S/c1-8-23-17-41(23,38(49)51-6)18-31(46)30-14-25(19-45(30)37(48)27(40(2,3)4)15-34(47)54-24-12-21-11-22(21)13-24)53-33-16-28(29-20-55-39(44-29)52-7)43-36-26(33)9-10-32(50-5)35(36)42/h8-10,16,20-25,27,30H,1,11-15,17-19H2,2-7H3/t21-,22+,23-,24?,25-,27-,30+,41-/m1/s1. The average molecular weight is 794 g/mol. The van der Waals surface area contributed by atoms with Crippen LogP contribution in [0, 0.1) is 34.5 Å². The number of esters is 2. The maximum absolute atomic E-state index is 14.8. The van der Waals surface area contributed by atoms with Gasteiger partial charge in [0.15, 0.2) is 5.78 Å². The number of nitrogens with zero attached hydrogens (tertiary/aromatic N) is 3. The third kappa shape index (κ3) is 7.66. The predicted molar refractivity (Wildman–Crippen MR) is 206 cm³/mol. The Labute approximate surface area is 329 Å². The quantitative estimate of drug-likeness (QED) is 0.122. The molecule has 1 aromatic carbocycles. The van der Waals surface area contributed by atoms with Gasteiger partial charge in [0.05, 0.1) is 62.9 Å². The molecule has 294 valence electrons. The smallest absolute Gasteiger partial charge is 0.312 e. The monoisotopic (exact) mass is 793 g/mol. The number of pyridine rings is 1. The zero-order valence-electron chi connectivity index (χ0n) is 32.1. The zero-order chi connectivity index (χ0) is 39.4. The highest BCUT2D eigenvalue weighted by Crippen LogP contribution is 2.57. The van der Waals surface area contributed by atoms with E-state index in [0.29, 0.717) is 57.2 Å². The molecule has 0 N–H and O–H groups in total. The van der Waals surface area contributed by atoms with Crippen molar-refractivity contribution in [2.24, 2.45) is 34.5 Å². The molecule has 14 heteroatoms. The first-order chi connectivity index (χ1) is 26.2. The van der Waals surface area contributed by atoms with E-state index in [9.17, 15) is 19.2 Å². The van der Waals surface area contributed by atoms with E-state index in [1.165, 1.54) is 39.1 Å². The van der Waals surface area contributed by atoms with Gasteiger partial charge in [-0.3, -0.25) is 19.2 Å². The van der Waals surface area contributed by atoms with Gasteiger partial charge in [-0.2, -0.15) is 0 Å². The Morgan fingerprint density at radius 3 is 2.38 bits per heavy atom. The topological polar surface area (TPSA) is 143 Å². The van der Waals surface area contributed by atoms with Crippen molar-refractivity contribution < 1.29 is 42.9 Å². The minimum absolute atomic E-state index is 0.0620. The van der Waals surface area contributed by atoms with Crippen LogP contribution in [0.1, 0.15) is 65.7 Å². The Morgan fingerprint density at radius 1 is 1.02 bits per heavy atom. The van der Waals surface area contributed by atoms with Gasteiger partial charge in [-0.05, 0) is 61.0 Å². The van der Waals surface area contributed by atoms with Gasteiger partial charge in [-0.15, -0.1) is 6.58 Å². The minimum atomic E-state index is -1.03. The second-order valence-electron chi connectivity index (χ2n) is 16.5. The normalized spacial score (nSPS) is 27.2. The predicted octanol–water partition coefficient (Wildman–Crippen LogP) is 7.10.